The Morgan fingerprint density at radius 2 is 1.91 bits per heavy atom. The lowest BCUT2D eigenvalue weighted by molar-refractivity contribution is 0.383. The van der Waals surface area contributed by atoms with E-state index in [4.69, 9.17) is 0 Å². The van der Waals surface area contributed by atoms with E-state index in [1.165, 1.54) is 0 Å². The standard InChI is InChI=1S/C15H20N4O2S2/c1-2-12-23(20,21)19-9-7-18(8-10-19)15-6-5-13(16-17-15)14-4-3-11-22-14/h3-6,11H,2,7-10,12H2,1H3. The molecule has 0 N–H and O–H groups in total. The Bertz CT molecular complexity index is 721. The lowest BCUT2D eigenvalue weighted by atomic mass is 10.3. The van der Waals surface area contributed by atoms with Gasteiger partial charge in [-0.25, -0.2) is 8.42 Å². The molecule has 0 bridgehead atoms. The molecule has 0 saturated carbocycles. The van der Waals surface area contributed by atoms with Crippen molar-refractivity contribution < 1.29 is 8.42 Å². The number of hydrogen-bond donors (Lipinski definition) is 0. The van der Waals surface area contributed by atoms with Crippen molar-refractivity contribution in [2.45, 2.75) is 13.3 Å². The summed E-state index contributed by atoms with van der Waals surface area (Å²) in [6.45, 7) is 4.21. The molecular weight excluding hydrogens is 332 g/mol. The highest BCUT2D eigenvalue weighted by Gasteiger charge is 2.26. The summed E-state index contributed by atoms with van der Waals surface area (Å²) < 4.78 is 25.8. The quantitative estimate of drug-likeness (QED) is 0.824. The van der Waals surface area contributed by atoms with Crippen molar-refractivity contribution in [3.05, 3.63) is 29.6 Å². The van der Waals surface area contributed by atoms with Gasteiger partial charge in [0.1, 0.15) is 5.69 Å². The second kappa shape index (κ2) is 6.94. The maximum Gasteiger partial charge on any atom is 0.214 e. The zero-order valence-electron chi connectivity index (χ0n) is 13.1. The number of sulfonamides is 1. The van der Waals surface area contributed by atoms with Crippen LogP contribution >= 0.6 is 11.3 Å². The van der Waals surface area contributed by atoms with Gasteiger partial charge in [-0.05, 0) is 30.0 Å². The Morgan fingerprint density at radius 1 is 1.13 bits per heavy atom. The molecule has 0 radical (unpaired) electrons. The molecule has 1 saturated heterocycles. The highest BCUT2D eigenvalue weighted by molar-refractivity contribution is 7.89. The third-order valence-corrected chi connectivity index (χ3v) is 6.81. The van der Waals surface area contributed by atoms with Gasteiger partial charge >= 0.3 is 0 Å². The number of piperazine rings is 1. The molecule has 1 fully saturated rings. The van der Waals surface area contributed by atoms with Crippen LogP contribution in [0.2, 0.25) is 0 Å². The monoisotopic (exact) mass is 352 g/mol. The van der Waals surface area contributed by atoms with E-state index in [1.54, 1.807) is 15.6 Å². The first kappa shape index (κ1) is 16.4. The number of hydrogen-bond acceptors (Lipinski definition) is 6. The number of anilines is 1. The van der Waals surface area contributed by atoms with Crippen molar-refractivity contribution in [2.75, 3.05) is 36.8 Å². The molecule has 0 aliphatic carbocycles. The summed E-state index contributed by atoms with van der Waals surface area (Å²) in [6, 6.07) is 7.93. The topological polar surface area (TPSA) is 66.4 Å². The summed E-state index contributed by atoms with van der Waals surface area (Å²) in [5.74, 6) is 1.03. The molecule has 0 unspecified atom stereocenters. The summed E-state index contributed by atoms with van der Waals surface area (Å²) in [6.07, 6.45) is 0.651. The number of nitrogens with zero attached hydrogens (tertiary/aromatic N) is 4. The lowest BCUT2D eigenvalue weighted by Crippen LogP contribution is -2.49. The van der Waals surface area contributed by atoms with E-state index in [0.29, 0.717) is 32.6 Å². The van der Waals surface area contributed by atoms with E-state index in [0.717, 1.165) is 16.4 Å². The number of rotatable bonds is 5. The van der Waals surface area contributed by atoms with Crippen molar-refractivity contribution in [1.29, 1.82) is 0 Å². The van der Waals surface area contributed by atoms with Crippen LogP contribution in [0.4, 0.5) is 5.82 Å². The molecule has 0 aromatic carbocycles. The Hall–Kier alpha value is -1.51. The highest BCUT2D eigenvalue weighted by atomic mass is 32.2. The van der Waals surface area contributed by atoms with Crippen molar-refractivity contribution >= 4 is 27.2 Å². The fourth-order valence-electron chi connectivity index (χ4n) is 2.63. The van der Waals surface area contributed by atoms with E-state index in [1.807, 2.05) is 36.6 Å². The van der Waals surface area contributed by atoms with Crippen LogP contribution < -0.4 is 4.90 Å². The van der Waals surface area contributed by atoms with E-state index < -0.39 is 10.0 Å². The molecule has 3 heterocycles. The predicted molar refractivity (Wildman–Crippen MR) is 93.2 cm³/mol. The fourth-order valence-corrected chi connectivity index (χ4v) is 4.82. The smallest absolute Gasteiger partial charge is 0.214 e. The highest BCUT2D eigenvalue weighted by Crippen LogP contribution is 2.23. The molecule has 23 heavy (non-hydrogen) atoms. The van der Waals surface area contributed by atoms with Crippen LogP contribution in [0.5, 0.6) is 0 Å². The van der Waals surface area contributed by atoms with Gasteiger partial charge in [-0.2, -0.15) is 4.31 Å². The van der Waals surface area contributed by atoms with Gasteiger partial charge in [-0.1, -0.05) is 13.0 Å². The minimum Gasteiger partial charge on any atom is -0.352 e. The Kier molecular flexibility index (Phi) is 4.93. The molecule has 124 valence electrons. The zero-order valence-corrected chi connectivity index (χ0v) is 14.7. The zero-order chi connectivity index (χ0) is 16.3. The van der Waals surface area contributed by atoms with Crippen LogP contribution in [-0.2, 0) is 10.0 Å². The van der Waals surface area contributed by atoms with E-state index in [9.17, 15) is 8.42 Å². The second-order valence-electron chi connectivity index (χ2n) is 5.46. The minimum absolute atomic E-state index is 0.225. The third-order valence-electron chi connectivity index (χ3n) is 3.84. The van der Waals surface area contributed by atoms with Crippen molar-refractivity contribution in [1.82, 2.24) is 14.5 Å². The third kappa shape index (κ3) is 3.70. The average Bonchev–Trinajstić information content (AvgIpc) is 3.10. The van der Waals surface area contributed by atoms with Crippen LogP contribution in [-0.4, -0.2) is 54.9 Å². The van der Waals surface area contributed by atoms with Crippen LogP contribution in [0.3, 0.4) is 0 Å². The molecule has 3 rings (SSSR count). The van der Waals surface area contributed by atoms with Gasteiger partial charge in [-0.15, -0.1) is 21.5 Å². The first-order valence-corrected chi connectivity index (χ1v) is 10.2. The Balaban J connectivity index is 1.64. The van der Waals surface area contributed by atoms with Gasteiger partial charge in [-0.3, -0.25) is 0 Å². The minimum atomic E-state index is -3.10. The largest absolute Gasteiger partial charge is 0.352 e. The molecule has 1 aliphatic heterocycles. The lowest BCUT2D eigenvalue weighted by Gasteiger charge is -2.34. The summed E-state index contributed by atoms with van der Waals surface area (Å²) in [7, 11) is -3.10. The van der Waals surface area contributed by atoms with Crippen LogP contribution in [0.25, 0.3) is 10.6 Å². The van der Waals surface area contributed by atoms with Crippen molar-refractivity contribution in [2.24, 2.45) is 0 Å². The molecule has 1 aliphatic rings. The molecule has 0 atom stereocenters. The van der Waals surface area contributed by atoms with Crippen LogP contribution in [0.15, 0.2) is 29.6 Å². The first-order chi connectivity index (χ1) is 11.1. The predicted octanol–water partition coefficient (Wildman–Crippen LogP) is 2.07. The van der Waals surface area contributed by atoms with Gasteiger partial charge in [0.15, 0.2) is 5.82 Å². The number of thiophene rings is 1. The molecule has 0 spiro atoms. The Morgan fingerprint density at radius 3 is 2.48 bits per heavy atom. The maximum absolute atomic E-state index is 12.1. The molecule has 2 aromatic rings. The van der Waals surface area contributed by atoms with Gasteiger partial charge in [0, 0.05) is 26.2 Å². The second-order valence-corrected chi connectivity index (χ2v) is 8.49. The van der Waals surface area contributed by atoms with Gasteiger partial charge in [0.2, 0.25) is 10.0 Å². The van der Waals surface area contributed by atoms with Gasteiger partial charge in [0.25, 0.3) is 0 Å². The molecule has 0 amide bonds. The molecule has 2 aromatic heterocycles. The van der Waals surface area contributed by atoms with Crippen molar-refractivity contribution in [3.63, 3.8) is 0 Å². The average molecular weight is 352 g/mol. The van der Waals surface area contributed by atoms with E-state index in [2.05, 4.69) is 15.1 Å². The summed E-state index contributed by atoms with van der Waals surface area (Å²) in [5.41, 5.74) is 0.868. The molecule has 6 nitrogen and oxygen atoms in total. The van der Waals surface area contributed by atoms with E-state index in [-0.39, 0.29) is 5.75 Å². The summed E-state index contributed by atoms with van der Waals surface area (Å²) >= 11 is 1.64. The van der Waals surface area contributed by atoms with E-state index >= 15 is 0 Å². The fraction of sp³-hybridized carbons (Fsp3) is 0.467. The normalized spacial score (nSPS) is 16.7. The van der Waals surface area contributed by atoms with Gasteiger partial charge in [0.05, 0.1) is 10.6 Å². The van der Waals surface area contributed by atoms with Crippen LogP contribution in [0, 0.1) is 0 Å². The SMILES string of the molecule is CCCS(=O)(=O)N1CCN(c2ccc(-c3cccs3)nn2)CC1. The summed E-state index contributed by atoms with van der Waals surface area (Å²) in [4.78, 5) is 3.18. The number of aromatic nitrogens is 2. The van der Waals surface area contributed by atoms with Gasteiger partial charge < -0.3 is 4.90 Å². The maximum atomic E-state index is 12.1. The molecule has 8 heteroatoms. The van der Waals surface area contributed by atoms with Crippen LogP contribution in [0.1, 0.15) is 13.3 Å². The molecular formula is C15H20N4O2S2. The first-order valence-electron chi connectivity index (χ1n) is 7.70. The Labute approximate surface area is 140 Å². The summed E-state index contributed by atoms with van der Waals surface area (Å²) in [5, 5.41) is 10.6. The van der Waals surface area contributed by atoms with Crippen molar-refractivity contribution in [3.8, 4) is 10.6 Å².